The highest BCUT2D eigenvalue weighted by Gasteiger charge is 2.18. The Morgan fingerprint density at radius 1 is 1.37 bits per heavy atom. The van der Waals surface area contributed by atoms with Crippen LogP contribution in [0, 0.1) is 0 Å². The minimum atomic E-state index is -0.0695. The van der Waals surface area contributed by atoms with Crippen molar-refractivity contribution in [2.45, 2.75) is 18.8 Å². The van der Waals surface area contributed by atoms with Crippen LogP contribution >= 0.6 is 0 Å². The van der Waals surface area contributed by atoms with E-state index in [9.17, 15) is 4.79 Å². The van der Waals surface area contributed by atoms with Gasteiger partial charge in [-0.25, -0.2) is 4.98 Å². The van der Waals surface area contributed by atoms with Crippen LogP contribution in [0.15, 0.2) is 18.2 Å². The monoisotopic (exact) mass is 258 g/mol. The predicted octanol–water partition coefficient (Wildman–Crippen LogP) is 1.39. The number of hydrogen-bond donors (Lipinski definition) is 3. The van der Waals surface area contributed by atoms with E-state index in [2.05, 4.69) is 20.6 Å². The number of fused-ring (bicyclic) bond motifs is 1. The Labute approximate surface area is 111 Å². The van der Waals surface area contributed by atoms with E-state index in [0.717, 1.165) is 42.8 Å². The highest BCUT2D eigenvalue weighted by molar-refractivity contribution is 5.97. The third kappa shape index (κ3) is 2.33. The van der Waals surface area contributed by atoms with Crippen molar-refractivity contribution in [3.8, 4) is 0 Å². The van der Waals surface area contributed by atoms with Crippen molar-refractivity contribution in [1.29, 1.82) is 0 Å². The lowest BCUT2D eigenvalue weighted by molar-refractivity contribution is 0.0963. The van der Waals surface area contributed by atoms with E-state index in [1.807, 2.05) is 18.2 Å². The minimum Gasteiger partial charge on any atom is -0.355 e. The van der Waals surface area contributed by atoms with E-state index in [4.69, 9.17) is 0 Å². The Morgan fingerprint density at radius 3 is 2.89 bits per heavy atom. The molecule has 100 valence electrons. The Hall–Kier alpha value is -1.88. The highest BCUT2D eigenvalue weighted by atomic mass is 16.1. The lowest BCUT2D eigenvalue weighted by Gasteiger charge is -2.20. The number of carbonyl (C=O) groups is 1. The van der Waals surface area contributed by atoms with E-state index in [-0.39, 0.29) is 5.91 Å². The number of aromatic nitrogens is 2. The maximum Gasteiger partial charge on any atom is 0.251 e. The molecular weight excluding hydrogens is 240 g/mol. The largest absolute Gasteiger partial charge is 0.355 e. The fraction of sp³-hybridized carbons (Fsp3) is 0.429. The van der Waals surface area contributed by atoms with Crippen molar-refractivity contribution in [3.05, 3.63) is 29.6 Å². The molecule has 0 aliphatic carbocycles. The van der Waals surface area contributed by atoms with Gasteiger partial charge in [0.15, 0.2) is 0 Å². The average molecular weight is 258 g/mol. The first kappa shape index (κ1) is 12.2. The first-order valence-corrected chi connectivity index (χ1v) is 6.70. The van der Waals surface area contributed by atoms with Crippen molar-refractivity contribution >= 4 is 16.9 Å². The maximum absolute atomic E-state index is 11.6. The number of piperidine rings is 1. The summed E-state index contributed by atoms with van der Waals surface area (Å²) in [6.45, 7) is 2.09. The van der Waals surface area contributed by atoms with Gasteiger partial charge in [0.2, 0.25) is 0 Å². The molecule has 3 rings (SSSR count). The molecule has 1 amide bonds. The van der Waals surface area contributed by atoms with Crippen molar-refractivity contribution in [2.24, 2.45) is 0 Å². The molecule has 5 heteroatoms. The number of hydrogen-bond acceptors (Lipinski definition) is 3. The highest BCUT2D eigenvalue weighted by Crippen LogP contribution is 2.25. The number of H-pyrrole nitrogens is 1. The number of benzene rings is 1. The van der Waals surface area contributed by atoms with Crippen LogP contribution in [0.4, 0.5) is 0 Å². The van der Waals surface area contributed by atoms with Gasteiger partial charge in [0.05, 0.1) is 11.0 Å². The average Bonchev–Trinajstić information content (AvgIpc) is 2.90. The first-order chi connectivity index (χ1) is 9.28. The van der Waals surface area contributed by atoms with Crippen LogP contribution in [0.2, 0.25) is 0 Å². The summed E-state index contributed by atoms with van der Waals surface area (Å²) in [5.41, 5.74) is 2.53. The molecule has 1 aliphatic heterocycles. The SMILES string of the molecule is CNC(=O)c1ccc2nc(C3CCNCC3)[nH]c2c1. The summed E-state index contributed by atoms with van der Waals surface area (Å²) in [5, 5.41) is 5.99. The number of aromatic amines is 1. The standard InChI is InChI=1S/C14H18N4O/c1-15-14(19)10-2-3-11-12(8-10)18-13(17-11)9-4-6-16-7-5-9/h2-3,8-9,16H,4-7H2,1H3,(H,15,19)(H,17,18). The van der Waals surface area contributed by atoms with Crippen molar-refractivity contribution in [3.63, 3.8) is 0 Å². The molecule has 1 aliphatic rings. The van der Waals surface area contributed by atoms with Gasteiger partial charge in [0, 0.05) is 18.5 Å². The third-order valence-corrected chi connectivity index (χ3v) is 3.72. The van der Waals surface area contributed by atoms with Crippen LogP contribution in [0.3, 0.4) is 0 Å². The van der Waals surface area contributed by atoms with Crippen molar-refractivity contribution < 1.29 is 4.79 Å². The molecule has 0 spiro atoms. The molecule has 0 saturated carbocycles. The van der Waals surface area contributed by atoms with Crippen LogP contribution in [0.1, 0.15) is 34.9 Å². The van der Waals surface area contributed by atoms with Gasteiger partial charge in [-0.3, -0.25) is 4.79 Å². The Morgan fingerprint density at radius 2 is 2.16 bits per heavy atom. The Balaban J connectivity index is 1.93. The van der Waals surface area contributed by atoms with Gasteiger partial charge >= 0.3 is 0 Å². The molecule has 0 atom stereocenters. The molecule has 1 saturated heterocycles. The zero-order valence-corrected chi connectivity index (χ0v) is 11.0. The van der Waals surface area contributed by atoms with Crippen LogP contribution in [-0.4, -0.2) is 36.0 Å². The molecule has 19 heavy (non-hydrogen) atoms. The number of carbonyl (C=O) groups excluding carboxylic acids is 1. The van der Waals surface area contributed by atoms with E-state index >= 15 is 0 Å². The maximum atomic E-state index is 11.6. The summed E-state index contributed by atoms with van der Waals surface area (Å²) in [4.78, 5) is 19.6. The zero-order valence-electron chi connectivity index (χ0n) is 11.0. The van der Waals surface area contributed by atoms with Crippen LogP contribution in [0.25, 0.3) is 11.0 Å². The van der Waals surface area contributed by atoms with Gasteiger partial charge in [-0.05, 0) is 44.1 Å². The second-order valence-corrected chi connectivity index (χ2v) is 4.96. The fourth-order valence-corrected chi connectivity index (χ4v) is 2.60. The molecule has 0 unspecified atom stereocenters. The van der Waals surface area contributed by atoms with Gasteiger partial charge in [-0.15, -0.1) is 0 Å². The smallest absolute Gasteiger partial charge is 0.251 e. The molecule has 1 aromatic carbocycles. The number of nitrogens with one attached hydrogen (secondary N) is 3. The molecule has 0 radical (unpaired) electrons. The van der Waals surface area contributed by atoms with Crippen LogP contribution in [0.5, 0.6) is 0 Å². The lowest BCUT2D eigenvalue weighted by Crippen LogP contribution is -2.27. The molecule has 1 fully saturated rings. The molecule has 5 nitrogen and oxygen atoms in total. The number of amides is 1. The molecule has 0 bridgehead atoms. The number of rotatable bonds is 2. The van der Waals surface area contributed by atoms with Gasteiger partial charge in [0.25, 0.3) is 5.91 Å². The summed E-state index contributed by atoms with van der Waals surface area (Å²) < 4.78 is 0. The number of imidazole rings is 1. The summed E-state index contributed by atoms with van der Waals surface area (Å²) in [6, 6.07) is 5.58. The van der Waals surface area contributed by atoms with Gasteiger partial charge in [-0.2, -0.15) is 0 Å². The molecular formula is C14H18N4O. The quantitative estimate of drug-likeness (QED) is 0.762. The summed E-state index contributed by atoms with van der Waals surface area (Å²) in [6.07, 6.45) is 2.23. The topological polar surface area (TPSA) is 69.8 Å². The molecule has 3 N–H and O–H groups in total. The molecule has 1 aromatic heterocycles. The van der Waals surface area contributed by atoms with Crippen LogP contribution in [-0.2, 0) is 0 Å². The lowest BCUT2D eigenvalue weighted by atomic mass is 9.98. The summed E-state index contributed by atoms with van der Waals surface area (Å²) in [7, 11) is 1.64. The van der Waals surface area contributed by atoms with Crippen molar-refractivity contribution in [2.75, 3.05) is 20.1 Å². The number of nitrogens with zero attached hydrogens (tertiary/aromatic N) is 1. The Bertz CT molecular complexity index is 599. The van der Waals surface area contributed by atoms with Crippen LogP contribution < -0.4 is 10.6 Å². The van der Waals surface area contributed by atoms with E-state index in [1.165, 1.54) is 0 Å². The molecule has 2 aromatic rings. The van der Waals surface area contributed by atoms with Gasteiger partial charge in [0.1, 0.15) is 5.82 Å². The predicted molar refractivity (Wildman–Crippen MR) is 74.3 cm³/mol. The second kappa shape index (κ2) is 5.01. The van der Waals surface area contributed by atoms with Gasteiger partial charge in [-0.1, -0.05) is 0 Å². The van der Waals surface area contributed by atoms with E-state index in [0.29, 0.717) is 11.5 Å². The Kier molecular flexibility index (Phi) is 3.21. The minimum absolute atomic E-state index is 0.0695. The van der Waals surface area contributed by atoms with E-state index in [1.54, 1.807) is 7.05 Å². The normalized spacial score (nSPS) is 16.7. The van der Waals surface area contributed by atoms with Gasteiger partial charge < -0.3 is 15.6 Å². The first-order valence-electron chi connectivity index (χ1n) is 6.70. The molecule has 2 heterocycles. The van der Waals surface area contributed by atoms with E-state index < -0.39 is 0 Å². The third-order valence-electron chi connectivity index (χ3n) is 3.72. The second-order valence-electron chi connectivity index (χ2n) is 4.96. The fourth-order valence-electron chi connectivity index (χ4n) is 2.60. The summed E-state index contributed by atoms with van der Waals surface area (Å²) in [5.74, 6) is 1.47. The zero-order chi connectivity index (χ0) is 13.2. The summed E-state index contributed by atoms with van der Waals surface area (Å²) >= 11 is 0. The van der Waals surface area contributed by atoms with Crippen molar-refractivity contribution in [1.82, 2.24) is 20.6 Å².